The molecule has 3 aromatic rings. The highest BCUT2D eigenvalue weighted by Crippen LogP contribution is 2.46. The minimum absolute atomic E-state index is 0.174. The van der Waals surface area contributed by atoms with Crippen molar-refractivity contribution in [3.8, 4) is 0 Å². The molecular weight excluding hydrogens is 385 g/mol. The lowest BCUT2D eigenvalue weighted by Gasteiger charge is -2.43. The van der Waals surface area contributed by atoms with Crippen molar-refractivity contribution in [3.63, 3.8) is 0 Å². The minimum Gasteiger partial charge on any atom is -0.362 e. The van der Waals surface area contributed by atoms with Crippen molar-refractivity contribution >= 4 is 23.1 Å². The van der Waals surface area contributed by atoms with Crippen LogP contribution in [0.3, 0.4) is 0 Å². The van der Waals surface area contributed by atoms with Gasteiger partial charge in [-0.05, 0) is 11.9 Å². The second kappa shape index (κ2) is 7.68. The van der Waals surface area contributed by atoms with E-state index >= 15 is 0 Å². The molecular formula is C23H19FN3OS+. The molecule has 1 fully saturated rings. The Labute approximate surface area is 173 Å². The van der Waals surface area contributed by atoms with E-state index in [-0.39, 0.29) is 4.99 Å². The molecule has 1 saturated heterocycles. The molecule has 3 N–H and O–H groups in total. The zero-order valence-corrected chi connectivity index (χ0v) is 16.2. The fourth-order valence-electron chi connectivity index (χ4n) is 3.96. The largest absolute Gasteiger partial charge is 0.362 e. The first-order chi connectivity index (χ1) is 14.1. The minimum atomic E-state index is -1.63. The molecule has 0 unspecified atom stereocenters. The molecule has 4 nitrogen and oxygen atoms in total. The van der Waals surface area contributed by atoms with Crippen LogP contribution in [-0.4, -0.2) is 16.0 Å². The Morgan fingerprint density at radius 2 is 1.62 bits per heavy atom. The maximum Gasteiger partial charge on any atom is 0.227 e. The predicted octanol–water partition coefficient (Wildman–Crippen LogP) is 3.39. The van der Waals surface area contributed by atoms with E-state index in [4.69, 9.17) is 17.6 Å². The highest BCUT2D eigenvalue weighted by Gasteiger charge is 2.56. The summed E-state index contributed by atoms with van der Waals surface area (Å²) >= 11 is 5.48. The molecule has 4 rings (SSSR count). The number of hydrogen-bond donors (Lipinski definition) is 3. The van der Waals surface area contributed by atoms with Gasteiger partial charge in [-0.15, -0.1) is 0 Å². The zero-order valence-electron chi connectivity index (χ0n) is 15.4. The lowest BCUT2D eigenvalue weighted by atomic mass is 9.74. The SMILES string of the molecule is N=C=C1C(=S)N[C@@](O)(c2ccccc2)[C@H]([n+]2ccccc2)[C@H]1c1ccccc1F. The lowest BCUT2D eigenvalue weighted by molar-refractivity contribution is -0.743. The van der Waals surface area contributed by atoms with Gasteiger partial charge in [0, 0.05) is 23.3 Å². The molecule has 0 amide bonds. The van der Waals surface area contributed by atoms with Crippen LogP contribution in [0.15, 0.2) is 90.8 Å². The smallest absolute Gasteiger partial charge is 0.227 e. The van der Waals surface area contributed by atoms with Crippen molar-refractivity contribution in [2.75, 3.05) is 0 Å². The topological polar surface area (TPSA) is 60.0 Å². The van der Waals surface area contributed by atoms with Gasteiger partial charge in [0.25, 0.3) is 0 Å². The third-order valence-corrected chi connectivity index (χ3v) is 5.57. The van der Waals surface area contributed by atoms with Crippen LogP contribution >= 0.6 is 12.2 Å². The van der Waals surface area contributed by atoms with E-state index in [9.17, 15) is 9.50 Å². The standard InChI is InChI=1S/C23H18FN3OS/c24-19-12-6-5-11-17(19)20-18(15-25)22(29)26-23(28,16-9-3-1-4-10-16)21(20)27-13-7-2-8-14-27/h1-14,20-21,25,28H/p+1/t20-,21+,23+/m0/s1. The fraction of sp³-hybridized carbons (Fsp3) is 0.130. The van der Waals surface area contributed by atoms with Crippen molar-refractivity contribution in [3.05, 3.63) is 108 Å². The molecule has 144 valence electrons. The Morgan fingerprint density at radius 3 is 2.28 bits per heavy atom. The molecule has 1 aliphatic heterocycles. The molecule has 2 aromatic carbocycles. The van der Waals surface area contributed by atoms with Gasteiger partial charge < -0.3 is 10.4 Å². The number of hydrogen-bond acceptors (Lipinski definition) is 3. The number of piperidine rings is 1. The first-order valence-corrected chi connectivity index (χ1v) is 9.57. The number of benzene rings is 2. The van der Waals surface area contributed by atoms with E-state index in [1.807, 2.05) is 53.4 Å². The second-order valence-electron chi connectivity index (χ2n) is 6.89. The number of nitrogens with one attached hydrogen (secondary N) is 2. The van der Waals surface area contributed by atoms with E-state index in [0.29, 0.717) is 16.7 Å². The first kappa shape index (κ1) is 19.2. The normalized spacial score (nSPS) is 23.9. The Balaban J connectivity index is 2.02. The third-order valence-electron chi connectivity index (χ3n) is 5.25. The molecule has 29 heavy (non-hydrogen) atoms. The first-order valence-electron chi connectivity index (χ1n) is 9.16. The zero-order chi connectivity index (χ0) is 20.4. The average molecular weight is 404 g/mol. The molecule has 0 bridgehead atoms. The molecule has 1 aliphatic rings. The van der Waals surface area contributed by atoms with Crippen molar-refractivity contribution in [2.24, 2.45) is 0 Å². The molecule has 0 radical (unpaired) electrons. The van der Waals surface area contributed by atoms with Gasteiger partial charge >= 0.3 is 0 Å². The van der Waals surface area contributed by atoms with Crippen molar-refractivity contribution < 1.29 is 14.1 Å². The van der Waals surface area contributed by atoms with E-state index in [0.717, 1.165) is 0 Å². The van der Waals surface area contributed by atoms with Crippen LogP contribution in [-0.2, 0) is 5.72 Å². The molecule has 0 aliphatic carbocycles. The summed E-state index contributed by atoms with van der Waals surface area (Å²) in [5.41, 5.74) is -0.361. The van der Waals surface area contributed by atoms with Crippen LogP contribution in [0, 0.1) is 11.2 Å². The highest BCUT2D eigenvalue weighted by molar-refractivity contribution is 7.80. The van der Waals surface area contributed by atoms with Gasteiger partial charge in [-0.25, -0.2) is 4.39 Å². The summed E-state index contributed by atoms with van der Waals surface area (Å²) in [6.45, 7) is 0. The number of halogens is 1. The van der Waals surface area contributed by atoms with Crippen LogP contribution < -0.4 is 9.88 Å². The van der Waals surface area contributed by atoms with Gasteiger partial charge in [-0.2, -0.15) is 4.57 Å². The monoisotopic (exact) mass is 404 g/mol. The number of aliphatic hydroxyl groups is 1. The molecule has 6 heteroatoms. The van der Waals surface area contributed by atoms with Crippen molar-refractivity contribution in [1.29, 1.82) is 5.41 Å². The summed E-state index contributed by atoms with van der Waals surface area (Å²) in [5, 5.41) is 22.8. The van der Waals surface area contributed by atoms with Crippen LogP contribution in [0.5, 0.6) is 0 Å². The summed E-state index contributed by atoms with van der Waals surface area (Å²) in [7, 11) is 0. The van der Waals surface area contributed by atoms with E-state index < -0.39 is 23.5 Å². The number of aromatic nitrogens is 1. The second-order valence-corrected chi connectivity index (χ2v) is 7.30. The highest BCUT2D eigenvalue weighted by atomic mass is 32.1. The van der Waals surface area contributed by atoms with Gasteiger partial charge in [0.15, 0.2) is 12.4 Å². The molecule has 0 spiro atoms. The number of thiocarbonyl (C=S) groups is 1. The van der Waals surface area contributed by atoms with Crippen LogP contribution in [0.1, 0.15) is 23.1 Å². The van der Waals surface area contributed by atoms with Gasteiger partial charge in [0.1, 0.15) is 10.8 Å². The van der Waals surface area contributed by atoms with Gasteiger partial charge in [-0.1, -0.05) is 66.8 Å². The number of nitrogens with zero attached hydrogens (tertiary/aromatic N) is 1. The van der Waals surface area contributed by atoms with E-state index in [2.05, 4.69) is 11.2 Å². The summed E-state index contributed by atoms with van der Waals surface area (Å²) in [6.07, 6.45) is 3.62. The summed E-state index contributed by atoms with van der Waals surface area (Å²) < 4.78 is 16.7. The average Bonchev–Trinajstić information content (AvgIpc) is 2.75. The third kappa shape index (κ3) is 3.28. The molecule has 2 heterocycles. The van der Waals surface area contributed by atoms with Crippen molar-refractivity contribution in [2.45, 2.75) is 17.7 Å². The maximum atomic E-state index is 14.9. The van der Waals surface area contributed by atoms with E-state index in [1.165, 1.54) is 6.07 Å². The van der Waals surface area contributed by atoms with Crippen LogP contribution in [0.4, 0.5) is 4.39 Å². The fourth-order valence-corrected chi connectivity index (χ4v) is 4.30. The molecule has 1 aromatic heterocycles. The van der Waals surface area contributed by atoms with Gasteiger partial charge in [-0.3, -0.25) is 5.41 Å². The van der Waals surface area contributed by atoms with Gasteiger partial charge in [0.2, 0.25) is 11.8 Å². The predicted molar refractivity (Wildman–Crippen MR) is 112 cm³/mol. The van der Waals surface area contributed by atoms with Gasteiger partial charge in [0.05, 0.1) is 11.5 Å². The molecule has 0 saturated carbocycles. The maximum absolute atomic E-state index is 14.9. The van der Waals surface area contributed by atoms with E-state index in [1.54, 1.807) is 30.3 Å². The Kier molecular flexibility index (Phi) is 5.07. The van der Waals surface area contributed by atoms with Crippen LogP contribution in [0.25, 0.3) is 0 Å². The van der Waals surface area contributed by atoms with Crippen LogP contribution in [0.2, 0.25) is 0 Å². The quantitative estimate of drug-likeness (QED) is 0.271. The van der Waals surface area contributed by atoms with Crippen molar-refractivity contribution in [1.82, 2.24) is 5.32 Å². The Hall–Kier alpha value is -3.18. The number of rotatable bonds is 3. The molecule has 3 atom stereocenters. The Bertz CT molecular complexity index is 1100. The summed E-state index contributed by atoms with van der Waals surface area (Å²) in [6, 6.07) is 20.3. The lowest BCUT2D eigenvalue weighted by Crippen LogP contribution is -2.65. The summed E-state index contributed by atoms with van der Waals surface area (Å²) in [4.78, 5) is 0.174. The Morgan fingerprint density at radius 1 is 1.00 bits per heavy atom. The summed E-state index contributed by atoms with van der Waals surface area (Å²) in [5.74, 6) is 1.24. The number of pyridine rings is 1.